The van der Waals surface area contributed by atoms with E-state index in [-0.39, 0.29) is 5.69 Å². The number of hydrogen-bond donors (Lipinski definition) is 1. The molecule has 1 aliphatic rings. The monoisotopic (exact) mass is 250 g/mol. The van der Waals surface area contributed by atoms with E-state index in [1.165, 1.54) is 6.20 Å². The van der Waals surface area contributed by atoms with Gasteiger partial charge in [-0.1, -0.05) is 6.92 Å². The highest BCUT2D eigenvalue weighted by Crippen LogP contribution is 2.24. The van der Waals surface area contributed by atoms with Crippen LogP contribution < -0.4 is 5.32 Å². The van der Waals surface area contributed by atoms with E-state index in [1.807, 2.05) is 0 Å². The first-order chi connectivity index (χ1) is 8.70. The first-order valence-electron chi connectivity index (χ1n) is 6.28. The molecule has 6 nitrogen and oxygen atoms in total. The summed E-state index contributed by atoms with van der Waals surface area (Å²) in [5.41, 5.74) is 0.625. The Morgan fingerprint density at radius 2 is 2.28 bits per heavy atom. The van der Waals surface area contributed by atoms with Gasteiger partial charge in [0.15, 0.2) is 0 Å². The van der Waals surface area contributed by atoms with Crippen LogP contribution in [-0.2, 0) is 0 Å². The van der Waals surface area contributed by atoms with Gasteiger partial charge in [-0.25, -0.2) is 0 Å². The minimum absolute atomic E-state index is 0.0513. The molecule has 98 valence electrons. The van der Waals surface area contributed by atoms with Gasteiger partial charge in [0.2, 0.25) is 0 Å². The second-order valence-electron chi connectivity index (χ2n) is 4.50. The molecule has 1 N–H and O–H groups in total. The van der Waals surface area contributed by atoms with Crippen LogP contribution in [0.15, 0.2) is 18.5 Å². The van der Waals surface area contributed by atoms with Gasteiger partial charge in [-0.05, 0) is 25.5 Å². The number of anilines is 1. The largest absolute Gasteiger partial charge is 0.377 e. The van der Waals surface area contributed by atoms with Crippen LogP contribution in [0.25, 0.3) is 0 Å². The van der Waals surface area contributed by atoms with Crippen molar-refractivity contribution in [2.75, 3.05) is 25.0 Å². The molecule has 0 spiro atoms. The second-order valence-corrected chi connectivity index (χ2v) is 4.50. The summed E-state index contributed by atoms with van der Waals surface area (Å²) in [6.45, 7) is 5.32. The van der Waals surface area contributed by atoms with Gasteiger partial charge in [0.05, 0.1) is 4.92 Å². The lowest BCUT2D eigenvalue weighted by molar-refractivity contribution is -0.384. The van der Waals surface area contributed by atoms with E-state index in [1.54, 1.807) is 12.3 Å². The average Bonchev–Trinajstić information content (AvgIpc) is 2.40. The smallest absolute Gasteiger partial charge is 0.310 e. The van der Waals surface area contributed by atoms with E-state index in [0.29, 0.717) is 11.7 Å². The molecule has 0 radical (unpaired) electrons. The van der Waals surface area contributed by atoms with Gasteiger partial charge in [0.1, 0.15) is 11.9 Å². The summed E-state index contributed by atoms with van der Waals surface area (Å²) >= 11 is 0. The third-order valence-electron chi connectivity index (χ3n) is 3.39. The molecule has 0 atom stereocenters. The summed E-state index contributed by atoms with van der Waals surface area (Å²) in [5.74, 6) is 0. The van der Waals surface area contributed by atoms with E-state index in [4.69, 9.17) is 0 Å². The first kappa shape index (κ1) is 12.8. The van der Waals surface area contributed by atoms with Crippen LogP contribution in [-0.4, -0.2) is 40.5 Å². The zero-order valence-corrected chi connectivity index (χ0v) is 10.5. The van der Waals surface area contributed by atoms with Crippen LogP contribution in [0.3, 0.4) is 0 Å². The predicted octanol–water partition coefficient (Wildman–Crippen LogP) is 1.89. The molecule has 1 fully saturated rings. The Labute approximate surface area is 106 Å². The lowest BCUT2D eigenvalue weighted by atomic mass is 10.0. The highest BCUT2D eigenvalue weighted by atomic mass is 16.6. The van der Waals surface area contributed by atoms with E-state index in [9.17, 15) is 10.1 Å². The van der Waals surface area contributed by atoms with Crippen LogP contribution in [0.2, 0.25) is 0 Å². The number of rotatable bonds is 4. The van der Waals surface area contributed by atoms with Gasteiger partial charge in [0.25, 0.3) is 0 Å². The summed E-state index contributed by atoms with van der Waals surface area (Å²) < 4.78 is 0. The molecular formula is C12H18N4O2. The van der Waals surface area contributed by atoms with Crippen molar-refractivity contribution in [3.8, 4) is 0 Å². The van der Waals surface area contributed by atoms with Gasteiger partial charge >= 0.3 is 5.69 Å². The van der Waals surface area contributed by atoms with E-state index < -0.39 is 4.92 Å². The number of pyridine rings is 1. The van der Waals surface area contributed by atoms with Crippen molar-refractivity contribution >= 4 is 11.4 Å². The number of nitrogens with zero attached hydrogens (tertiary/aromatic N) is 3. The highest BCUT2D eigenvalue weighted by molar-refractivity contribution is 5.60. The number of likely N-dealkylation sites (tertiary alicyclic amines) is 1. The Hall–Kier alpha value is -1.69. The Kier molecular flexibility index (Phi) is 4.09. The van der Waals surface area contributed by atoms with Crippen LogP contribution in [0, 0.1) is 10.1 Å². The number of aromatic nitrogens is 1. The zero-order valence-electron chi connectivity index (χ0n) is 10.5. The molecule has 6 heteroatoms. The molecule has 1 aromatic rings. The third-order valence-corrected chi connectivity index (χ3v) is 3.39. The molecule has 0 bridgehead atoms. The Morgan fingerprint density at radius 3 is 2.89 bits per heavy atom. The van der Waals surface area contributed by atoms with Gasteiger partial charge < -0.3 is 10.2 Å². The second kappa shape index (κ2) is 5.77. The molecule has 1 aliphatic heterocycles. The predicted molar refractivity (Wildman–Crippen MR) is 69.7 cm³/mol. The van der Waals surface area contributed by atoms with Crippen molar-refractivity contribution < 1.29 is 4.92 Å². The molecular weight excluding hydrogens is 232 g/mol. The molecule has 0 unspecified atom stereocenters. The number of nitro groups is 1. The first-order valence-corrected chi connectivity index (χ1v) is 6.28. The van der Waals surface area contributed by atoms with Crippen molar-refractivity contribution in [1.82, 2.24) is 9.88 Å². The van der Waals surface area contributed by atoms with Crippen molar-refractivity contribution in [3.63, 3.8) is 0 Å². The quantitative estimate of drug-likeness (QED) is 0.652. The molecule has 18 heavy (non-hydrogen) atoms. The van der Waals surface area contributed by atoms with Crippen LogP contribution in [0.4, 0.5) is 11.4 Å². The summed E-state index contributed by atoms with van der Waals surface area (Å²) in [7, 11) is 0. The van der Waals surface area contributed by atoms with E-state index in [2.05, 4.69) is 22.1 Å². The minimum atomic E-state index is -0.392. The molecule has 2 rings (SSSR count). The molecule has 0 amide bonds. The number of hydrogen-bond acceptors (Lipinski definition) is 5. The SMILES string of the molecule is CCN1CCC(Nc2ccncc2[N+](=O)[O-])CC1. The van der Waals surface area contributed by atoms with Gasteiger partial charge in [-0.15, -0.1) is 0 Å². The fourth-order valence-electron chi connectivity index (χ4n) is 2.27. The number of nitrogens with one attached hydrogen (secondary N) is 1. The van der Waals surface area contributed by atoms with E-state index in [0.717, 1.165) is 32.5 Å². The normalized spacial score (nSPS) is 17.6. The molecule has 0 aromatic carbocycles. The lowest BCUT2D eigenvalue weighted by Gasteiger charge is -2.31. The third kappa shape index (κ3) is 2.95. The molecule has 0 saturated carbocycles. The van der Waals surface area contributed by atoms with Crippen molar-refractivity contribution in [1.29, 1.82) is 0 Å². The standard InChI is InChI=1S/C12H18N4O2/c1-2-15-7-4-10(5-8-15)14-11-3-6-13-9-12(11)16(17)18/h3,6,9-10H,2,4-5,7-8H2,1H3,(H,13,14). The summed E-state index contributed by atoms with van der Waals surface area (Å²) in [5, 5.41) is 14.1. The molecule has 1 saturated heterocycles. The molecule has 0 aliphatic carbocycles. The maximum atomic E-state index is 10.9. The fourth-order valence-corrected chi connectivity index (χ4v) is 2.27. The minimum Gasteiger partial charge on any atom is -0.377 e. The summed E-state index contributed by atoms with van der Waals surface area (Å²) in [6.07, 6.45) is 4.92. The maximum absolute atomic E-state index is 10.9. The van der Waals surface area contributed by atoms with Crippen molar-refractivity contribution in [3.05, 3.63) is 28.6 Å². The van der Waals surface area contributed by atoms with Crippen LogP contribution >= 0.6 is 0 Å². The molecule has 1 aromatic heterocycles. The van der Waals surface area contributed by atoms with E-state index >= 15 is 0 Å². The van der Waals surface area contributed by atoms with Crippen molar-refractivity contribution in [2.45, 2.75) is 25.8 Å². The zero-order chi connectivity index (χ0) is 13.0. The van der Waals surface area contributed by atoms with Gasteiger partial charge in [-0.2, -0.15) is 0 Å². The van der Waals surface area contributed by atoms with Crippen LogP contribution in [0.1, 0.15) is 19.8 Å². The Bertz CT molecular complexity index is 416. The van der Waals surface area contributed by atoms with Crippen LogP contribution in [0.5, 0.6) is 0 Å². The summed E-state index contributed by atoms with van der Waals surface area (Å²) in [4.78, 5) is 16.7. The summed E-state index contributed by atoms with van der Waals surface area (Å²) in [6, 6.07) is 1.98. The topological polar surface area (TPSA) is 71.3 Å². The van der Waals surface area contributed by atoms with Gasteiger partial charge in [0, 0.05) is 25.3 Å². The molecule has 2 heterocycles. The lowest BCUT2D eigenvalue weighted by Crippen LogP contribution is -2.38. The Morgan fingerprint density at radius 1 is 1.56 bits per heavy atom. The van der Waals surface area contributed by atoms with Crippen molar-refractivity contribution in [2.24, 2.45) is 0 Å². The Balaban J connectivity index is 2.00. The highest BCUT2D eigenvalue weighted by Gasteiger charge is 2.21. The number of piperidine rings is 1. The van der Waals surface area contributed by atoms with Gasteiger partial charge in [-0.3, -0.25) is 15.1 Å². The maximum Gasteiger partial charge on any atom is 0.310 e. The fraction of sp³-hybridized carbons (Fsp3) is 0.583. The average molecular weight is 250 g/mol.